The van der Waals surface area contributed by atoms with E-state index in [0.717, 1.165) is 11.0 Å². The largest absolute Gasteiger partial charge is 0.323 e. The van der Waals surface area contributed by atoms with Gasteiger partial charge in [0.1, 0.15) is 0 Å². The first-order valence-corrected chi connectivity index (χ1v) is 8.09. The summed E-state index contributed by atoms with van der Waals surface area (Å²) in [5.41, 5.74) is 7.62. The molecule has 0 radical (unpaired) electrons. The zero-order chi connectivity index (χ0) is 13.1. The van der Waals surface area contributed by atoms with Gasteiger partial charge in [-0.25, -0.2) is 0 Å². The molecule has 1 heterocycles. The number of benzene rings is 1. The van der Waals surface area contributed by atoms with Gasteiger partial charge >= 0.3 is 0 Å². The monoisotopic (exact) mass is 272 g/mol. The van der Waals surface area contributed by atoms with E-state index in [2.05, 4.69) is 41.0 Å². The van der Waals surface area contributed by atoms with Gasteiger partial charge in [0, 0.05) is 34.8 Å². The van der Waals surface area contributed by atoms with Gasteiger partial charge < -0.3 is 5.73 Å². The minimum Gasteiger partial charge on any atom is -0.323 e. The van der Waals surface area contributed by atoms with Crippen molar-refractivity contribution in [2.45, 2.75) is 37.0 Å². The lowest BCUT2D eigenvalue weighted by atomic mass is 10.0. The number of pyridine rings is 1. The van der Waals surface area contributed by atoms with E-state index in [1.165, 1.54) is 42.0 Å². The van der Waals surface area contributed by atoms with E-state index in [9.17, 15) is 0 Å². The summed E-state index contributed by atoms with van der Waals surface area (Å²) in [6, 6.07) is 8.52. The molecular weight excluding hydrogens is 252 g/mol. The molecule has 1 aromatic heterocycles. The van der Waals surface area contributed by atoms with Crippen LogP contribution in [0, 0.1) is 0 Å². The van der Waals surface area contributed by atoms with Crippen molar-refractivity contribution in [3.8, 4) is 0 Å². The number of rotatable bonds is 4. The van der Waals surface area contributed by atoms with Crippen molar-refractivity contribution < 1.29 is 0 Å². The zero-order valence-electron chi connectivity index (χ0n) is 11.1. The molecule has 0 bridgehead atoms. The van der Waals surface area contributed by atoms with Crippen molar-refractivity contribution in [3.05, 3.63) is 42.2 Å². The van der Waals surface area contributed by atoms with Crippen LogP contribution in [0.1, 0.15) is 37.3 Å². The van der Waals surface area contributed by atoms with Gasteiger partial charge in [-0.05, 0) is 29.9 Å². The second-order valence-electron chi connectivity index (χ2n) is 5.29. The predicted molar refractivity (Wildman–Crippen MR) is 83.4 cm³/mol. The normalized spacial score (nSPS) is 17.9. The van der Waals surface area contributed by atoms with E-state index >= 15 is 0 Å². The van der Waals surface area contributed by atoms with Crippen LogP contribution in [0.15, 0.2) is 36.7 Å². The van der Waals surface area contributed by atoms with Gasteiger partial charge in [-0.1, -0.05) is 31.0 Å². The number of hydrogen-bond donors (Lipinski definition) is 1. The maximum atomic E-state index is 6.39. The third-order valence-corrected chi connectivity index (χ3v) is 5.42. The van der Waals surface area contributed by atoms with E-state index in [1.807, 2.05) is 12.4 Å². The van der Waals surface area contributed by atoms with E-state index in [-0.39, 0.29) is 6.04 Å². The van der Waals surface area contributed by atoms with Gasteiger partial charge in [-0.3, -0.25) is 4.98 Å². The van der Waals surface area contributed by atoms with Crippen LogP contribution >= 0.6 is 11.8 Å². The molecule has 2 aromatic rings. The number of nitrogens with zero attached hydrogens (tertiary/aromatic N) is 1. The molecule has 1 unspecified atom stereocenters. The van der Waals surface area contributed by atoms with E-state index < -0.39 is 0 Å². The molecule has 19 heavy (non-hydrogen) atoms. The van der Waals surface area contributed by atoms with Crippen LogP contribution < -0.4 is 5.73 Å². The molecule has 2 nitrogen and oxygen atoms in total. The summed E-state index contributed by atoms with van der Waals surface area (Å²) in [6.45, 7) is 0. The van der Waals surface area contributed by atoms with Crippen LogP contribution in [0.4, 0.5) is 0 Å². The highest BCUT2D eigenvalue weighted by molar-refractivity contribution is 7.99. The molecule has 3 rings (SSSR count). The second kappa shape index (κ2) is 5.93. The summed E-state index contributed by atoms with van der Waals surface area (Å²) in [7, 11) is 0. The summed E-state index contributed by atoms with van der Waals surface area (Å²) >= 11 is 2.05. The molecule has 100 valence electrons. The molecule has 0 aliphatic heterocycles. The minimum atomic E-state index is 0.110. The Morgan fingerprint density at radius 1 is 1.26 bits per heavy atom. The fourth-order valence-electron chi connectivity index (χ4n) is 2.84. The van der Waals surface area contributed by atoms with Crippen molar-refractivity contribution >= 4 is 22.5 Å². The Hall–Kier alpha value is -1.06. The van der Waals surface area contributed by atoms with Gasteiger partial charge in [-0.15, -0.1) is 0 Å². The Balaban J connectivity index is 1.75. The fourth-order valence-corrected chi connectivity index (χ4v) is 4.17. The first-order chi connectivity index (χ1) is 9.34. The topological polar surface area (TPSA) is 38.9 Å². The lowest BCUT2D eigenvalue weighted by Crippen LogP contribution is -2.15. The summed E-state index contributed by atoms with van der Waals surface area (Å²) < 4.78 is 0. The molecule has 1 aromatic carbocycles. The van der Waals surface area contributed by atoms with E-state index in [1.54, 1.807) is 0 Å². The quantitative estimate of drug-likeness (QED) is 0.917. The Morgan fingerprint density at radius 2 is 2.11 bits per heavy atom. The Morgan fingerprint density at radius 3 is 2.95 bits per heavy atom. The van der Waals surface area contributed by atoms with E-state index in [4.69, 9.17) is 5.73 Å². The van der Waals surface area contributed by atoms with Crippen LogP contribution in [0.2, 0.25) is 0 Å². The molecule has 1 saturated carbocycles. The molecule has 3 heteroatoms. The Labute approximate surface area is 118 Å². The molecular formula is C16H20N2S. The highest BCUT2D eigenvalue weighted by Crippen LogP contribution is 2.32. The van der Waals surface area contributed by atoms with Gasteiger partial charge in [0.25, 0.3) is 0 Å². The highest BCUT2D eigenvalue weighted by atomic mass is 32.2. The third kappa shape index (κ3) is 2.93. The fraction of sp³-hybridized carbons (Fsp3) is 0.438. The smallest absolute Gasteiger partial charge is 0.0393 e. The Bertz CT molecular complexity index is 544. The van der Waals surface area contributed by atoms with Crippen LogP contribution in [0.3, 0.4) is 0 Å². The number of thioether (sulfide) groups is 1. The lowest BCUT2D eigenvalue weighted by Gasteiger charge is -2.16. The SMILES string of the molecule is NC(CSC1CCCC1)c1cccc2ccncc12. The van der Waals surface area contributed by atoms with Crippen LogP contribution in [-0.4, -0.2) is 16.0 Å². The first-order valence-electron chi connectivity index (χ1n) is 7.04. The van der Waals surface area contributed by atoms with Crippen molar-refractivity contribution in [1.29, 1.82) is 0 Å². The summed E-state index contributed by atoms with van der Waals surface area (Å²) in [5.74, 6) is 1.01. The molecule has 0 spiro atoms. The molecule has 0 saturated heterocycles. The molecule has 1 aliphatic carbocycles. The Kier molecular flexibility index (Phi) is 4.04. The van der Waals surface area contributed by atoms with Gasteiger partial charge in [-0.2, -0.15) is 11.8 Å². The van der Waals surface area contributed by atoms with Crippen molar-refractivity contribution in [2.75, 3.05) is 5.75 Å². The van der Waals surface area contributed by atoms with Crippen molar-refractivity contribution in [1.82, 2.24) is 4.98 Å². The average Bonchev–Trinajstić information content (AvgIpc) is 2.97. The van der Waals surface area contributed by atoms with Crippen LogP contribution in [0.5, 0.6) is 0 Å². The summed E-state index contributed by atoms with van der Waals surface area (Å²) in [6.07, 6.45) is 9.30. The third-order valence-electron chi connectivity index (χ3n) is 3.93. The first kappa shape index (κ1) is 12.9. The molecule has 2 N–H and O–H groups in total. The maximum Gasteiger partial charge on any atom is 0.0393 e. The summed E-state index contributed by atoms with van der Waals surface area (Å²) in [5, 5.41) is 3.26. The summed E-state index contributed by atoms with van der Waals surface area (Å²) in [4.78, 5) is 4.23. The second-order valence-corrected chi connectivity index (χ2v) is 6.62. The zero-order valence-corrected chi connectivity index (χ0v) is 11.9. The van der Waals surface area contributed by atoms with Crippen LogP contribution in [0.25, 0.3) is 10.8 Å². The average molecular weight is 272 g/mol. The van der Waals surface area contributed by atoms with Crippen molar-refractivity contribution in [2.24, 2.45) is 5.73 Å². The standard InChI is InChI=1S/C16H20N2S/c17-16(11-19-13-5-1-2-6-13)14-7-3-4-12-8-9-18-10-15(12)14/h3-4,7-10,13,16H,1-2,5-6,11,17H2. The lowest BCUT2D eigenvalue weighted by molar-refractivity contribution is 0.827. The molecule has 1 atom stereocenters. The maximum absolute atomic E-state index is 6.39. The van der Waals surface area contributed by atoms with Crippen molar-refractivity contribution in [3.63, 3.8) is 0 Å². The highest BCUT2D eigenvalue weighted by Gasteiger charge is 2.17. The molecule has 0 amide bonds. The molecule has 1 aliphatic rings. The van der Waals surface area contributed by atoms with Gasteiger partial charge in [0.05, 0.1) is 0 Å². The molecule has 1 fully saturated rings. The number of fused-ring (bicyclic) bond motifs is 1. The van der Waals surface area contributed by atoms with Crippen LogP contribution in [-0.2, 0) is 0 Å². The van der Waals surface area contributed by atoms with Gasteiger partial charge in [0.2, 0.25) is 0 Å². The minimum absolute atomic E-state index is 0.110. The van der Waals surface area contributed by atoms with Gasteiger partial charge in [0.15, 0.2) is 0 Å². The number of nitrogens with two attached hydrogens (primary N) is 1. The number of hydrogen-bond acceptors (Lipinski definition) is 3. The predicted octanol–water partition coefficient (Wildman–Crippen LogP) is 3.91. The number of aromatic nitrogens is 1. The van der Waals surface area contributed by atoms with E-state index in [0.29, 0.717) is 0 Å².